The van der Waals surface area contributed by atoms with E-state index in [1.807, 2.05) is 0 Å². The van der Waals surface area contributed by atoms with E-state index in [9.17, 15) is 13.2 Å². The Kier molecular flexibility index (Phi) is 5.09. The largest absolute Gasteiger partial charge is 0.497 e. The fourth-order valence-electron chi connectivity index (χ4n) is 2.81. The molecule has 21 heavy (non-hydrogen) atoms. The van der Waals surface area contributed by atoms with E-state index in [0.717, 1.165) is 17.3 Å². The Morgan fingerprint density at radius 1 is 1.33 bits per heavy atom. The molecular weight excluding hydrogens is 356 g/mol. The van der Waals surface area contributed by atoms with Crippen molar-refractivity contribution in [1.29, 1.82) is 0 Å². The highest BCUT2D eigenvalue weighted by atomic mass is 79.9. The second-order valence-electron chi connectivity index (χ2n) is 5.53. The van der Waals surface area contributed by atoms with Crippen LogP contribution in [0.4, 0.5) is 0 Å². The SMILES string of the molecule is COc1ccc(Br)c(C(=O)C2CCCC(S(C)(=O)=O)C2)c1. The van der Waals surface area contributed by atoms with Crippen molar-refractivity contribution in [3.8, 4) is 5.75 Å². The highest BCUT2D eigenvalue weighted by molar-refractivity contribution is 9.10. The summed E-state index contributed by atoms with van der Waals surface area (Å²) in [7, 11) is -1.53. The highest BCUT2D eigenvalue weighted by Crippen LogP contribution is 2.33. The van der Waals surface area contributed by atoms with Gasteiger partial charge < -0.3 is 4.74 Å². The Bertz CT molecular complexity index is 639. The molecule has 2 atom stereocenters. The minimum Gasteiger partial charge on any atom is -0.497 e. The van der Waals surface area contributed by atoms with Crippen LogP contribution in [0.15, 0.2) is 22.7 Å². The van der Waals surface area contributed by atoms with Gasteiger partial charge in [0.15, 0.2) is 5.78 Å². The van der Waals surface area contributed by atoms with Crippen LogP contribution in [-0.4, -0.2) is 32.8 Å². The Balaban J connectivity index is 2.24. The minimum absolute atomic E-state index is 0.00544. The molecule has 1 aromatic rings. The lowest BCUT2D eigenvalue weighted by Gasteiger charge is -2.27. The summed E-state index contributed by atoms with van der Waals surface area (Å²) in [5.41, 5.74) is 0.563. The molecule has 0 aromatic heterocycles. The van der Waals surface area contributed by atoms with E-state index in [4.69, 9.17) is 4.74 Å². The van der Waals surface area contributed by atoms with Gasteiger partial charge in [-0.15, -0.1) is 0 Å². The Morgan fingerprint density at radius 2 is 2.05 bits per heavy atom. The molecule has 1 aromatic carbocycles. The number of carbonyl (C=O) groups is 1. The van der Waals surface area contributed by atoms with Gasteiger partial charge >= 0.3 is 0 Å². The molecular formula is C15H19BrO4S. The zero-order valence-electron chi connectivity index (χ0n) is 12.1. The van der Waals surface area contributed by atoms with Crippen LogP contribution < -0.4 is 4.74 Å². The van der Waals surface area contributed by atoms with E-state index in [-0.39, 0.29) is 11.7 Å². The lowest BCUT2D eigenvalue weighted by molar-refractivity contribution is 0.0890. The van der Waals surface area contributed by atoms with Crippen LogP contribution in [0.3, 0.4) is 0 Å². The average Bonchev–Trinajstić information content (AvgIpc) is 2.46. The van der Waals surface area contributed by atoms with Gasteiger partial charge in [-0.1, -0.05) is 22.4 Å². The molecule has 2 rings (SSSR count). The summed E-state index contributed by atoms with van der Waals surface area (Å²) in [5, 5.41) is -0.399. The zero-order chi connectivity index (χ0) is 15.6. The normalized spacial score (nSPS) is 22.8. The van der Waals surface area contributed by atoms with Gasteiger partial charge in [-0.3, -0.25) is 4.79 Å². The van der Waals surface area contributed by atoms with Crippen LogP contribution in [0.1, 0.15) is 36.0 Å². The van der Waals surface area contributed by atoms with Crippen molar-refractivity contribution >= 4 is 31.6 Å². The maximum atomic E-state index is 12.7. The molecule has 6 heteroatoms. The third-order valence-corrected chi connectivity index (χ3v) is 6.37. The van der Waals surface area contributed by atoms with Gasteiger partial charge in [-0.2, -0.15) is 0 Å². The van der Waals surface area contributed by atoms with Crippen LogP contribution in [-0.2, 0) is 9.84 Å². The number of ether oxygens (including phenoxy) is 1. The summed E-state index contributed by atoms with van der Waals surface area (Å²) in [6, 6.07) is 5.26. The standard InChI is InChI=1S/C15H19BrO4S/c1-20-11-6-7-14(16)13(9-11)15(17)10-4-3-5-12(8-10)21(2,18)19/h6-7,9-10,12H,3-5,8H2,1-2H3. The molecule has 2 unspecified atom stereocenters. The summed E-state index contributed by atoms with van der Waals surface area (Å²) in [5.74, 6) is 0.382. The first-order valence-electron chi connectivity index (χ1n) is 6.89. The molecule has 0 saturated heterocycles. The molecule has 0 bridgehead atoms. The average molecular weight is 375 g/mol. The van der Waals surface area contributed by atoms with Gasteiger partial charge in [0.25, 0.3) is 0 Å². The van der Waals surface area contributed by atoms with E-state index in [0.29, 0.717) is 24.2 Å². The number of methoxy groups -OCH3 is 1. The molecule has 1 fully saturated rings. The number of rotatable bonds is 4. The molecule has 1 saturated carbocycles. The summed E-state index contributed by atoms with van der Waals surface area (Å²) >= 11 is 3.39. The van der Waals surface area contributed by atoms with Gasteiger partial charge in [0.1, 0.15) is 15.6 Å². The predicted molar refractivity (Wildman–Crippen MR) is 85.6 cm³/mol. The van der Waals surface area contributed by atoms with E-state index >= 15 is 0 Å². The number of sulfone groups is 1. The third-order valence-electron chi connectivity index (χ3n) is 4.04. The first-order valence-corrected chi connectivity index (χ1v) is 9.64. The topological polar surface area (TPSA) is 60.4 Å². The first kappa shape index (κ1) is 16.5. The van der Waals surface area contributed by atoms with E-state index in [1.54, 1.807) is 25.3 Å². The smallest absolute Gasteiger partial charge is 0.167 e. The van der Waals surface area contributed by atoms with Crippen molar-refractivity contribution in [3.63, 3.8) is 0 Å². The lowest BCUT2D eigenvalue weighted by atomic mass is 9.83. The molecule has 0 radical (unpaired) electrons. The molecule has 0 heterocycles. The van der Waals surface area contributed by atoms with E-state index < -0.39 is 15.1 Å². The Morgan fingerprint density at radius 3 is 2.67 bits per heavy atom. The van der Waals surface area contributed by atoms with Crippen molar-refractivity contribution in [1.82, 2.24) is 0 Å². The number of Topliss-reactive ketones (excluding diaryl/α,β-unsaturated/α-hetero) is 1. The van der Waals surface area contributed by atoms with Crippen molar-refractivity contribution in [2.45, 2.75) is 30.9 Å². The van der Waals surface area contributed by atoms with Crippen molar-refractivity contribution in [2.75, 3.05) is 13.4 Å². The fourth-order valence-corrected chi connectivity index (χ4v) is 4.43. The number of benzene rings is 1. The molecule has 1 aliphatic rings. The van der Waals surface area contributed by atoms with Gasteiger partial charge in [0, 0.05) is 22.2 Å². The number of hydrogen-bond donors (Lipinski definition) is 0. The number of carbonyl (C=O) groups excluding carboxylic acids is 1. The zero-order valence-corrected chi connectivity index (χ0v) is 14.5. The number of halogens is 1. The maximum absolute atomic E-state index is 12.7. The predicted octanol–water partition coefficient (Wildman–Crippen LogP) is 3.24. The second kappa shape index (κ2) is 6.48. The van der Waals surface area contributed by atoms with Gasteiger partial charge in [0.05, 0.1) is 12.4 Å². The number of hydrogen-bond acceptors (Lipinski definition) is 4. The Hall–Kier alpha value is -0.880. The van der Waals surface area contributed by atoms with Crippen LogP contribution in [0.2, 0.25) is 0 Å². The second-order valence-corrected chi connectivity index (χ2v) is 8.71. The fraction of sp³-hybridized carbons (Fsp3) is 0.533. The van der Waals surface area contributed by atoms with Crippen molar-refractivity contribution in [3.05, 3.63) is 28.2 Å². The molecule has 0 spiro atoms. The molecule has 0 aliphatic heterocycles. The van der Waals surface area contributed by atoms with Gasteiger partial charge in [0.2, 0.25) is 0 Å². The van der Waals surface area contributed by atoms with Crippen LogP contribution in [0, 0.1) is 5.92 Å². The van der Waals surface area contributed by atoms with Crippen molar-refractivity contribution in [2.24, 2.45) is 5.92 Å². The Labute approximate surface area is 133 Å². The molecule has 0 N–H and O–H groups in total. The summed E-state index contributed by atoms with van der Waals surface area (Å²) in [6.07, 6.45) is 3.85. The minimum atomic E-state index is -3.09. The molecule has 116 valence electrons. The van der Waals surface area contributed by atoms with E-state index in [1.165, 1.54) is 6.26 Å². The quantitative estimate of drug-likeness (QED) is 0.758. The van der Waals surface area contributed by atoms with Gasteiger partial charge in [-0.25, -0.2) is 8.42 Å². The van der Waals surface area contributed by atoms with Gasteiger partial charge in [-0.05, 0) is 37.5 Å². The maximum Gasteiger partial charge on any atom is 0.167 e. The number of ketones is 1. The van der Waals surface area contributed by atoms with E-state index in [2.05, 4.69) is 15.9 Å². The summed E-state index contributed by atoms with van der Waals surface area (Å²) < 4.78 is 29.3. The van der Waals surface area contributed by atoms with Crippen LogP contribution in [0.5, 0.6) is 5.75 Å². The summed E-state index contributed by atoms with van der Waals surface area (Å²) in [6.45, 7) is 0. The van der Waals surface area contributed by atoms with Crippen molar-refractivity contribution < 1.29 is 17.9 Å². The van der Waals surface area contributed by atoms with Crippen LogP contribution >= 0.6 is 15.9 Å². The monoisotopic (exact) mass is 374 g/mol. The first-order chi connectivity index (χ1) is 9.82. The molecule has 1 aliphatic carbocycles. The molecule has 4 nitrogen and oxygen atoms in total. The summed E-state index contributed by atoms with van der Waals surface area (Å²) in [4.78, 5) is 12.7. The van der Waals surface area contributed by atoms with Crippen LogP contribution in [0.25, 0.3) is 0 Å². The highest BCUT2D eigenvalue weighted by Gasteiger charge is 2.33. The third kappa shape index (κ3) is 3.86. The molecule has 0 amide bonds. The lowest BCUT2D eigenvalue weighted by Crippen LogP contribution is -2.31.